The molecule has 0 aliphatic heterocycles. The SMILES string of the molecule is Cc1ccnc2ccc(S(=O)(=O)Cl)cc12. The van der Waals surface area contributed by atoms with E-state index in [1.807, 2.05) is 13.0 Å². The van der Waals surface area contributed by atoms with Crippen molar-refractivity contribution in [3.8, 4) is 0 Å². The van der Waals surface area contributed by atoms with Gasteiger partial charge in [0.25, 0.3) is 9.05 Å². The summed E-state index contributed by atoms with van der Waals surface area (Å²) in [6.07, 6.45) is 1.69. The van der Waals surface area contributed by atoms with Crippen LogP contribution in [0.4, 0.5) is 0 Å². The summed E-state index contributed by atoms with van der Waals surface area (Å²) < 4.78 is 22.3. The van der Waals surface area contributed by atoms with Crippen molar-refractivity contribution in [1.82, 2.24) is 4.98 Å². The lowest BCUT2D eigenvalue weighted by Gasteiger charge is -2.02. The number of benzene rings is 1. The van der Waals surface area contributed by atoms with Crippen LogP contribution >= 0.6 is 10.7 Å². The average Bonchev–Trinajstić information content (AvgIpc) is 2.16. The first-order valence-electron chi connectivity index (χ1n) is 4.28. The van der Waals surface area contributed by atoms with Gasteiger partial charge in [0.1, 0.15) is 0 Å². The lowest BCUT2D eigenvalue weighted by molar-refractivity contribution is 0.609. The Bertz CT molecular complexity index is 622. The molecule has 2 aromatic rings. The van der Waals surface area contributed by atoms with E-state index in [-0.39, 0.29) is 4.90 Å². The summed E-state index contributed by atoms with van der Waals surface area (Å²) in [4.78, 5) is 4.23. The zero-order valence-electron chi connectivity index (χ0n) is 7.94. The number of nitrogens with zero attached hydrogens (tertiary/aromatic N) is 1. The van der Waals surface area contributed by atoms with Gasteiger partial charge in [-0.1, -0.05) is 0 Å². The smallest absolute Gasteiger partial charge is 0.256 e. The summed E-state index contributed by atoms with van der Waals surface area (Å²) in [6, 6.07) is 6.47. The molecular weight excluding hydrogens is 234 g/mol. The number of pyridine rings is 1. The number of aryl methyl sites for hydroxylation is 1. The molecule has 5 heteroatoms. The number of hydrogen-bond acceptors (Lipinski definition) is 3. The van der Waals surface area contributed by atoms with Crippen molar-refractivity contribution < 1.29 is 8.42 Å². The Labute approximate surface area is 92.1 Å². The van der Waals surface area contributed by atoms with Gasteiger partial charge < -0.3 is 0 Å². The van der Waals surface area contributed by atoms with Crippen molar-refractivity contribution in [1.29, 1.82) is 0 Å². The van der Waals surface area contributed by atoms with Crippen LogP contribution in [-0.4, -0.2) is 13.4 Å². The largest absolute Gasteiger partial charge is 0.261 e. The summed E-state index contributed by atoms with van der Waals surface area (Å²) in [5.41, 5.74) is 1.74. The van der Waals surface area contributed by atoms with Crippen LogP contribution in [0, 0.1) is 6.92 Å². The molecule has 3 nitrogen and oxygen atoms in total. The quantitative estimate of drug-likeness (QED) is 0.721. The zero-order valence-corrected chi connectivity index (χ0v) is 9.51. The first-order valence-corrected chi connectivity index (χ1v) is 6.59. The molecule has 15 heavy (non-hydrogen) atoms. The molecule has 0 saturated carbocycles. The second kappa shape index (κ2) is 3.47. The molecule has 1 aromatic heterocycles. The molecule has 0 saturated heterocycles. The molecule has 0 spiro atoms. The fourth-order valence-corrected chi connectivity index (χ4v) is 2.19. The molecule has 0 amide bonds. The summed E-state index contributed by atoms with van der Waals surface area (Å²) >= 11 is 0. The lowest BCUT2D eigenvalue weighted by Crippen LogP contribution is -1.91. The predicted molar refractivity (Wildman–Crippen MR) is 59.5 cm³/mol. The third kappa shape index (κ3) is 1.96. The van der Waals surface area contributed by atoms with Gasteiger partial charge in [-0.2, -0.15) is 0 Å². The molecule has 0 unspecified atom stereocenters. The Kier molecular flexibility index (Phi) is 2.40. The Hall–Kier alpha value is -1.13. The second-order valence-electron chi connectivity index (χ2n) is 3.24. The van der Waals surface area contributed by atoms with Gasteiger partial charge in [0, 0.05) is 22.3 Å². The van der Waals surface area contributed by atoms with E-state index in [9.17, 15) is 8.42 Å². The minimum Gasteiger partial charge on any atom is -0.256 e. The van der Waals surface area contributed by atoms with Gasteiger partial charge in [-0.3, -0.25) is 4.98 Å². The first kappa shape index (κ1) is 10.4. The minimum absolute atomic E-state index is 0.104. The van der Waals surface area contributed by atoms with Crippen molar-refractivity contribution in [3.63, 3.8) is 0 Å². The van der Waals surface area contributed by atoms with Gasteiger partial charge in [0.2, 0.25) is 0 Å². The predicted octanol–water partition coefficient (Wildman–Crippen LogP) is 2.47. The van der Waals surface area contributed by atoms with Crippen LogP contribution in [0.15, 0.2) is 35.4 Å². The summed E-state index contributed by atoms with van der Waals surface area (Å²) in [6.45, 7) is 1.90. The monoisotopic (exact) mass is 241 g/mol. The molecule has 0 atom stereocenters. The minimum atomic E-state index is -3.67. The van der Waals surface area contributed by atoms with Gasteiger partial charge in [0.05, 0.1) is 10.4 Å². The van der Waals surface area contributed by atoms with Crippen LogP contribution in [0.5, 0.6) is 0 Å². The highest BCUT2D eigenvalue weighted by Gasteiger charge is 2.10. The third-order valence-electron chi connectivity index (χ3n) is 2.21. The summed E-state index contributed by atoms with van der Waals surface area (Å²) in [5, 5.41) is 0.805. The second-order valence-corrected chi connectivity index (χ2v) is 5.81. The lowest BCUT2D eigenvalue weighted by atomic mass is 10.1. The maximum atomic E-state index is 11.1. The molecule has 0 bridgehead atoms. The van der Waals surface area contributed by atoms with E-state index in [0.717, 1.165) is 16.5 Å². The highest BCUT2D eigenvalue weighted by atomic mass is 35.7. The van der Waals surface area contributed by atoms with Crippen LogP contribution in [-0.2, 0) is 9.05 Å². The molecule has 0 aliphatic rings. The fraction of sp³-hybridized carbons (Fsp3) is 0.100. The number of halogens is 1. The number of fused-ring (bicyclic) bond motifs is 1. The zero-order chi connectivity index (χ0) is 11.1. The van der Waals surface area contributed by atoms with E-state index >= 15 is 0 Å². The molecular formula is C10H8ClNO2S. The highest BCUT2D eigenvalue weighted by Crippen LogP contribution is 2.22. The highest BCUT2D eigenvalue weighted by molar-refractivity contribution is 8.13. The molecule has 1 heterocycles. The van der Waals surface area contributed by atoms with Gasteiger partial charge in [-0.05, 0) is 36.8 Å². The Morgan fingerprint density at radius 2 is 2.00 bits per heavy atom. The van der Waals surface area contributed by atoms with Crippen molar-refractivity contribution in [2.75, 3.05) is 0 Å². The normalized spacial score (nSPS) is 11.9. The van der Waals surface area contributed by atoms with Crippen molar-refractivity contribution in [2.45, 2.75) is 11.8 Å². The number of aromatic nitrogens is 1. The van der Waals surface area contributed by atoms with E-state index < -0.39 is 9.05 Å². The fourth-order valence-electron chi connectivity index (χ4n) is 1.41. The van der Waals surface area contributed by atoms with Gasteiger partial charge in [-0.15, -0.1) is 0 Å². The van der Waals surface area contributed by atoms with Crippen LogP contribution in [0.1, 0.15) is 5.56 Å². The van der Waals surface area contributed by atoms with E-state index in [2.05, 4.69) is 4.98 Å². The maximum Gasteiger partial charge on any atom is 0.261 e. The molecule has 2 rings (SSSR count). The van der Waals surface area contributed by atoms with Crippen molar-refractivity contribution >= 4 is 30.6 Å². The molecule has 0 fully saturated rings. The Balaban J connectivity index is 2.81. The molecule has 0 N–H and O–H groups in total. The van der Waals surface area contributed by atoms with Crippen LogP contribution in [0.2, 0.25) is 0 Å². The van der Waals surface area contributed by atoms with E-state index in [1.54, 1.807) is 18.3 Å². The van der Waals surface area contributed by atoms with Crippen LogP contribution in [0.25, 0.3) is 10.9 Å². The van der Waals surface area contributed by atoms with Crippen molar-refractivity contribution in [2.24, 2.45) is 0 Å². The number of hydrogen-bond donors (Lipinski definition) is 0. The Morgan fingerprint density at radius 1 is 1.27 bits per heavy atom. The molecule has 0 aliphatic carbocycles. The topological polar surface area (TPSA) is 47.0 Å². The molecule has 0 radical (unpaired) electrons. The molecule has 78 valence electrons. The summed E-state index contributed by atoms with van der Waals surface area (Å²) in [5.74, 6) is 0. The third-order valence-corrected chi connectivity index (χ3v) is 3.56. The van der Waals surface area contributed by atoms with E-state index in [0.29, 0.717) is 0 Å². The van der Waals surface area contributed by atoms with E-state index in [4.69, 9.17) is 10.7 Å². The average molecular weight is 242 g/mol. The van der Waals surface area contributed by atoms with Crippen molar-refractivity contribution in [3.05, 3.63) is 36.0 Å². The Morgan fingerprint density at radius 3 is 2.67 bits per heavy atom. The van der Waals surface area contributed by atoms with Gasteiger partial charge in [-0.25, -0.2) is 8.42 Å². The van der Waals surface area contributed by atoms with Crippen LogP contribution < -0.4 is 0 Å². The van der Waals surface area contributed by atoms with Gasteiger partial charge in [0.15, 0.2) is 0 Å². The standard InChI is InChI=1S/C10H8ClNO2S/c1-7-4-5-12-10-3-2-8(6-9(7)10)15(11,13)14/h2-6H,1H3. The first-order chi connectivity index (χ1) is 6.98. The summed E-state index contributed by atoms with van der Waals surface area (Å²) in [7, 11) is 1.60. The van der Waals surface area contributed by atoms with Crippen LogP contribution in [0.3, 0.4) is 0 Å². The van der Waals surface area contributed by atoms with E-state index in [1.165, 1.54) is 6.07 Å². The number of rotatable bonds is 1. The molecule has 1 aromatic carbocycles. The maximum absolute atomic E-state index is 11.1. The van der Waals surface area contributed by atoms with Gasteiger partial charge >= 0.3 is 0 Å².